The van der Waals surface area contributed by atoms with Crippen LogP contribution in [0.3, 0.4) is 0 Å². The standard InChI is InChI=1S/C18H25N3O5S/c1-14(22)21-11-10-20(13-16(21)18(24)19-2)17(23)9-6-12-27(25,26)15-7-4-3-5-8-15/h3-5,7-8,16H,6,9-13H2,1-2H3,(H,19,24). The summed E-state index contributed by atoms with van der Waals surface area (Å²) in [6.07, 6.45) is 0.278. The topological polar surface area (TPSA) is 104 Å². The van der Waals surface area contributed by atoms with Crippen LogP contribution in [-0.4, -0.2) is 74.4 Å². The fourth-order valence-electron chi connectivity index (χ4n) is 3.09. The highest BCUT2D eigenvalue weighted by Gasteiger charge is 2.35. The van der Waals surface area contributed by atoms with E-state index < -0.39 is 15.9 Å². The van der Waals surface area contributed by atoms with Gasteiger partial charge in [-0.1, -0.05) is 18.2 Å². The molecular weight excluding hydrogens is 370 g/mol. The number of likely N-dealkylation sites (N-methyl/N-ethyl adjacent to an activating group) is 1. The van der Waals surface area contributed by atoms with Gasteiger partial charge in [0.25, 0.3) is 0 Å². The minimum atomic E-state index is -3.42. The Hall–Kier alpha value is -2.42. The molecule has 1 unspecified atom stereocenters. The first kappa shape index (κ1) is 20.9. The summed E-state index contributed by atoms with van der Waals surface area (Å²) in [6.45, 7) is 2.12. The van der Waals surface area contributed by atoms with Crippen molar-refractivity contribution in [2.75, 3.05) is 32.4 Å². The number of carbonyl (C=O) groups is 3. The zero-order valence-electron chi connectivity index (χ0n) is 15.6. The number of sulfone groups is 1. The molecule has 1 aliphatic rings. The van der Waals surface area contributed by atoms with Crippen molar-refractivity contribution in [1.82, 2.24) is 15.1 Å². The SMILES string of the molecule is CNC(=O)C1CN(C(=O)CCCS(=O)(=O)c2ccccc2)CCN1C(C)=O. The van der Waals surface area contributed by atoms with E-state index in [4.69, 9.17) is 0 Å². The largest absolute Gasteiger partial charge is 0.357 e. The van der Waals surface area contributed by atoms with Gasteiger partial charge in [0.15, 0.2) is 9.84 Å². The Labute approximate surface area is 159 Å². The van der Waals surface area contributed by atoms with Crippen LogP contribution in [-0.2, 0) is 24.2 Å². The van der Waals surface area contributed by atoms with Crippen molar-refractivity contribution in [3.05, 3.63) is 30.3 Å². The number of hydrogen-bond donors (Lipinski definition) is 1. The molecule has 0 saturated carbocycles. The van der Waals surface area contributed by atoms with Crippen molar-refractivity contribution in [1.29, 1.82) is 0 Å². The maximum Gasteiger partial charge on any atom is 0.244 e. The summed E-state index contributed by atoms with van der Waals surface area (Å²) < 4.78 is 24.5. The van der Waals surface area contributed by atoms with Crippen molar-refractivity contribution < 1.29 is 22.8 Å². The second kappa shape index (κ2) is 8.98. The van der Waals surface area contributed by atoms with Gasteiger partial charge in [-0.2, -0.15) is 0 Å². The highest BCUT2D eigenvalue weighted by Crippen LogP contribution is 2.15. The van der Waals surface area contributed by atoms with Gasteiger partial charge in [-0.05, 0) is 18.6 Å². The first-order valence-electron chi connectivity index (χ1n) is 8.80. The lowest BCUT2D eigenvalue weighted by molar-refractivity contribution is -0.147. The third kappa shape index (κ3) is 5.29. The molecule has 0 aliphatic carbocycles. The van der Waals surface area contributed by atoms with Crippen molar-refractivity contribution in [2.45, 2.75) is 30.7 Å². The summed E-state index contributed by atoms with van der Waals surface area (Å²) in [5.41, 5.74) is 0. The fraction of sp³-hybridized carbons (Fsp3) is 0.500. The molecule has 1 heterocycles. The molecule has 9 heteroatoms. The van der Waals surface area contributed by atoms with Crippen LogP contribution in [0.1, 0.15) is 19.8 Å². The second-order valence-corrected chi connectivity index (χ2v) is 8.53. The van der Waals surface area contributed by atoms with Crippen molar-refractivity contribution in [3.63, 3.8) is 0 Å². The van der Waals surface area contributed by atoms with E-state index in [1.54, 1.807) is 18.2 Å². The number of amides is 3. The molecule has 8 nitrogen and oxygen atoms in total. The zero-order chi connectivity index (χ0) is 20.0. The van der Waals surface area contributed by atoms with Gasteiger partial charge in [-0.3, -0.25) is 14.4 Å². The van der Waals surface area contributed by atoms with E-state index in [0.29, 0.717) is 6.54 Å². The summed E-state index contributed by atoms with van der Waals surface area (Å²) in [5, 5.41) is 2.51. The van der Waals surface area contributed by atoms with E-state index in [-0.39, 0.29) is 54.3 Å². The van der Waals surface area contributed by atoms with Gasteiger partial charge >= 0.3 is 0 Å². The average Bonchev–Trinajstić information content (AvgIpc) is 2.67. The molecule has 0 spiro atoms. The number of nitrogens with zero attached hydrogens (tertiary/aromatic N) is 2. The fourth-order valence-corrected chi connectivity index (χ4v) is 4.43. The van der Waals surface area contributed by atoms with Crippen LogP contribution in [0.5, 0.6) is 0 Å². The van der Waals surface area contributed by atoms with Crippen molar-refractivity contribution >= 4 is 27.6 Å². The quantitative estimate of drug-likeness (QED) is 0.733. The van der Waals surface area contributed by atoms with Crippen LogP contribution in [0.2, 0.25) is 0 Å². The molecule has 0 bridgehead atoms. The Morgan fingerprint density at radius 1 is 1.15 bits per heavy atom. The van der Waals surface area contributed by atoms with Crippen LogP contribution < -0.4 is 5.32 Å². The molecule has 1 aromatic rings. The second-order valence-electron chi connectivity index (χ2n) is 6.42. The minimum Gasteiger partial charge on any atom is -0.357 e. The minimum absolute atomic E-state index is 0.0760. The normalized spacial score (nSPS) is 17.5. The summed E-state index contributed by atoms with van der Waals surface area (Å²) in [4.78, 5) is 39.4. The van der Waals surface area contributed by atoms with E-state index >= 15 is 0 Å². The first-order chi connectivity index (χ1) is 12.8. The van der Waals surface area contributed by atoms with Gasteiger partial charge in [0.05, 0.1) is 17.2 Å². The third-order valence-electron chi connectivity index (χ3n) is 4.59. The molecule has 0 radical (unpaired) electrons. The highest BCUT2D eigenvalue weighted by molar-refractivity contribution is 7.91. The predicted octanol–water partition coefficient (Wildman–Crippen LogP) is 0.0458. The number of benzene rings is 1. The predicted molar refractivity (Wildman–Crippen MR) is 99.6 cm³/mol. The van der Waals surface area contributed by atoms with Gasteiger partial charge in [0, 0.05) is 33.5 Å². The van der Waals surface area contributed by atoms with E-state index in [9.17, 15) is 22.8 Å². The third-order valence-corrected chi connectivity index (χ3v) is 6.41. The van der Waals surface area contributed by atoms with E-state index in [1.165, 1.54) is 35.9 Å². The van der Waals surface area contributed by atoms with Crippen LogP contribution in [0, 0.1) is 0 Å². The molecule has 1 fully saturated rings. The smallest absolute Gasteiger partial charge is 0.244 e. The van der Waals surface area contributed by atoms with Crippen LogP contribution in [0.4, 0.5) is 0 Å². The van der Waals surface area contributed by atoms with Crippen LogP contribution in [0.15, 0.2) is 35.2 Å². The van der Waals surface area contributed by atoms with Gasteiger partial charge in [0.1, 0.15) is 6.04 Å². The molecular formula is C18H25N3O5S. The van der Waals surface area contributed by atoms with Gasteiger partial charge < -0.3 is 15.1 Å². The lowest BCUT2D eigenvalue weighted by atomic mass is 10.1. The van der Waals surface area contributed by atoms with Gasteiger partial charge in [0.2, 0.25) is 17.7 Å². The number of rotatable bonds is 6. The number of nitrogens with one attached hydrogen (secondary N) is 1. The number of hydrogen-bond acceptors (Lipinski definition) is 5. The first-order valence-corrected chi connectivity index (χ1v) is 10.5. The Morgan fingerprint density at radius 3 is 2.41 bits per heavy atom. The van der Waals surface area contributed by atoms with Crippen molar-refractivity contribution in [3.8, 4) is 0 Å². The highest BCUT2D eigenvalue weighted by atomic mass is 32.2. The maximum atomic E-state index is 12.4. The monoisotopic (exact) mass is 395 g/mol. The molecule has 148 valence electrons. The number of carbonyl (C=O) groups excluding carboxylic acids is 3. The molecule has 3 amide bonds. The Bertz CT molecular complexity index is 794. The molecule has 1 aliphatic heterocycles. The van der Waals surface area contributed by atoms with Gasteiger partial charge in [-0.25, -0.2) is 8.42 Å². The van der Waals surface area contributed by atoms with Gasteiger partial charge in [-0.15, -0.1) is 0 Å². The summed E-state index contributed by atoms with van der Waals surface area (Å²) >= 11 is 0. The van der Waals surface area contributed by atoms with E-state index in [2.05, 4.69) is 5.32 Å². The summed E-state index contributed by atoms with van der Waals surface area (Å²) in [7, 11) is -1.94. The van der Waals surface area contributed by atoms with Crippen LogP contribution >= 0.6 is 0 Å². The molecule has 0 aromatic heterocycles. The summed E-state index contributed by atoms with van der Waals surface area (Å²) in [6, 6.07) is 7.40. The average molecular weight is 395 g/mol. The van der Waals surface area contributed by atoms with Crippen LogP contribution in [0.25, 0.3) is 0 Å². The molecule has 1 saturated heterocycles. The van der Waals surface area contributed by atoms with E-state index in [1.807, 2.05) is 0 Å². The summed E-state index contributed by atoms with van der Waals surface area (Å²) in [5.74, 6) is -0.871. The van der Waals surface area contributed by atoms with Crippen molar-refractivity contribution in [2.24, 2.45) is 0 Å². The maximum absolute atomic E-state index is 12.4. The lowest BCUT2D eigenvalue weighted by Crippen LogP contribution is -2.60. The molecule has 1 aromatic carbocycles. The molecule has 1 atom stereocenters. The molecule has 2 rings (SSSR count). The molecule has 1 N–H and O–H groups in total. The Morgan fingerprint density at radius 2 is 1.81 bits per heavy atom. The zero-order valence-corrected chi connectivity index (χ0v) is 16.4. The number of piperazine rings is 1. The Kier molecular flexibility index (Phi) is 6.95. The van der Waals surface area contributed by atoms with E-state index in [0.717, 1.165) is 0 Å². The molecule has 27 heavy (non-hydrogen) atoms. The Balaban J connectivity index is 1.92. The lowest BCUT2D eigenvalue weighted by Gasteiger charge is -2.40.